The van der Waals surface area contributed by atoms with Crippen molar-refractivity contribution in [3.05, 3.63) is 113 Å². The van der Waals surface area contributed by atoms with Gasteiger partial charge in [-0.1, -0.05) is 54.1 Å². The van der Waals surface area contributed by atoms with Crippen molar-refractivity contribution in [2.24, 2.45) is 15.2 Å². The molecule has 38 heavy (non-hydrogen) atoms. The summed E-state index contributed by atoms with van der Waals surface area (Å²) in [5.74, 6) is 0.981. The van der Waals surface area contributed by atoms with E-state index in [4.69, 9.17) is 31.2 Å². The van der Waals surface area contributed by atoms with Crippen molar-refractivity contribution >= 4 is 39.6 Å². The van der Waals surface area contributed by atoms with Crippen LogP contribution in [0.1, 0.15) is 17.2 Å². The number of H-pyrrole nitrogens is 1. The largest absolute Gasteiger partial charge is 0.504 e. The van der Waals surface area contributed by atoms with E-state index in [1.165, 1.54) is 7.11 Å². The molecule has 0 aliphatic carbocycles. The topological polar surface area (TPSA) is 91.6 Å². The number of ether oxygens (including phenoxy) is 2. The second kappa shape index (κ2) is 10.0. The molecule has 2 unspecified atom stereocenters. The van der Waals surface area contributed by atoms with Crippen molar-refractivity contribution in [1.82, 2.24) is 4.98 Å². The van der Waals surface area contributed by atoms with E-state index in [0.717, 1.165) is 22.0 Å². The molecule has 2 atom stereocenters. The number of aromatic nitrogens is 1. The molecule has 1 aliphatic heterocycles. The number of halogens is 1. The number of methoxy groups -OCH3 is 1. The third kappa shape index (κ3) is 4.48. The van der Waals surface area contributed by atoms with Gasteiger partial charge in [0.15, 0.2) is 23.6 Å². The second-order valence-corrected chi connectivity index (χ2v) is 9.26. The van der Waals surface area contributed by atoms with Crippen LogP contribution < -0.4 is 9.47 Å². The number of hydrogen-bond donors (Lipinski definition) is 2. The first kappa shape index (κ1) is 23.8. The Morgan fingerprint density at radius 2 is 1.82 bits per heavy atom. The number of aromatic hydroxyl groups is 1. The third-order valence-electron chi connectivity index (χ3n) is 6.43. The molecule has 0 amide bonds. The monoisotopic (exact) mass is 522 g/mol. The summed E-state index contributed by atoms with van der Waals surface area (Å²) in [4.78, 5) is 8.44. The Morgan fingerprint density at radius 3 is 2.68 bits per heavy atom. The van der Waals surface area contributed by atoms with Crippen LogP contribution in [0.25, 0.3) is 10.9 Å². The average molecular weight is 523 g/mol. The quantitative estimate of drug-likeness (QED) is 0.229. The van der Waals surface area contributed by atoms with Crippen LogP contribution in [0.3, 0.4) is 0 Å². The minimum atomic E-state index is -0.658. The number of rotatable bonds is 5. The Kier molecular flexibility index (Phi) is 6.27. The van der Waals surface area contributed by atoms with Gasteiger partial charge in [-0.25, -0.2) is 4.99 Å². The number of para-hydroxylation sites is 3. The molecule has 2 N–H and O–H groups in total. The average Bonchev–Trinajstić information content (AvgIpc) is 3.29. The highest BCUT2D eigenvalue weighted by Gasteiger charge is 2.35. The lowest BCUT2D eigenvalue weighted by Gasteiger charge is -2.24. The second-order valence-electron chi connectivity index (χ2n) is 8.82. The zero-order valence-corrected chi connectivity index (χ0v) is 21.1. The molecule has 0 spiro atoms. The highest BCUT2D eigenvalue weighted by Crippen LogP contribution is 2.41. The van der Waals surface area contributed by atoms with Crippen LogP contribution in [-0.4, -0.2) is 29.0 Å². The van der Waals surface area contributed by atoms with E-state index in [1.54, 1.807) is 30.3 Å². The molecule has 0 saturated heterocycles. The standard InChI is InChI=1S/C30H23ClN4O3/c1-37-27-15-18(13-14-25(27)36)30-29(35-34-20-8-6-7-19(31)16-20)28(33-24-11-4-5-12-26(24)38-30)22-17-32-23-10-3-2-9-21(22)23/h2-17,29-30,32,36H,1H3. The van der Waals surface area contributed by atoms with Gasteiger partial charge in [0, 0.05) is 27.7 Å². The smallest absolute Gasteiger partial charge is 0.160 e. The third-order valence-corrected chi connectivity index (χ3v) is 6.67. The highest BCUT2D eigenvalue weighted by atomic mass is 35.5. The molecule has 8 heteroatoms. The maximum atomic E-state index is 10.3. The van der Waals surface area contributed by atoms with Crippen molar-refractivity contribution in [3.63, 3.8) is 0 Å². The molecule has 0 radical (unpaired) electrons. The summed E-state index contributed by atoms with van der Waals surface area (Å²) in [6.45, 7) is 0. The molecular weight excluding hydrogens is 500 g/mol. The zero-order chi connectivity index (χ0) is 26.1. The Bertz CT molecular complexity index is 1690. The maximum absolute atomic E-state index is 10.3. The Balaban J connectivity index is 1.58. The van der Waals surface area contributed by atoms with E-state index in [0.29, 0.717) is 33.6 Å². The molecule has 7 nitrogen and oxygen atoms in total. The summed E-state index contributed by atoms with van der Waals surface area (Å²) in [5.41, 5.74) is 4.61. The number of aliphatic imine (C=N–C) groups is 1. The summed E-state index contributed by atoms with van der Waals surface area (Å²) in [5, 5.41) is 21.2. The van der Waals surface area contributed by atoms with Gasteiger partial charge in [-0.3, -0.25) is 0 Å². The molecule has 2 heterocycles. The van der Waals surface area contributed by atoms with Gasteiger partial charge in [0.1, 0.15) is 11.4 Å². The van der Waals surface area contributed by atoms with Crippen molar-refractivity contribution in [3.8, 4) is 17.2 Å². The first-order valence-corrected chi connectivity index (χ1v) is 12.4. The first-order valence-electron chi connectivity index (χ1n) is 12.0. The number of nitrogens with one attached hydrogen (secondary N) is 1. The van der Waals surface area contributed by atoms with Crippen LogP contribution in [0.5, 0.6) is 17.2 Å². The molecule has 6 rings (SSSR count). The number of phenolic OH excluding ortho intramolecular Hbond substituents is 1. The minimum absolute atomic E-state index is 0.0351. The predicted octanol–water partition coefficient (Wildman–Crippen LogP) is 7.94. The van der Waals surface area contributed by atoms with Crippen molar-refractivity contribution in [2.45, 2.75) is 12.1 Å². The van der Waals surface area contributed by atoms with E-state index in [-0.39, 0.29) is 5.75 Å². The van der Waals surface area contributed by atoms with Gasteiger partial charge in [-0.2, -0.15) is 10.2 Å². The molecule has 0 bridgehead atoms. The fourth-order valence-electron chi connectivity index (χ4n) is 4.60. The van der Waals surface area contributed by atoms with Crippen LogP contribution in [0.2, 0.25) is 5.02 Å². The van der Waals surface area contributed by atoms with Gasteiger partial charge < -0.3 is 19.6 Å². The van der Waals surface area contributed by atoms with Crippen molar-refractivity contribution in [2.75, 3.05) is 7.11 Å². The summed E-state index contributed by atoms with van der Waals surface area (Å²) in [6, 6.07) is 27.3. The van der Waals surface area contributed by atoms with Gasteiger partial charge in [0.05, 0.1) is 18.5 Å². The molecular formula is C30H23ClN4O3. The predicted molar refractivity (Wildman–Crippen MR) is 149 cm³/mol. The molecule has 0 saturated carbocycles. The number of azo groups is 1. The van der Waals surface area contributed by atoms with E-state index < -0.39 is 12.1 Å². The van der Waals surface area contributed by atoms with E-state index >= 15 is 0 Å². The van der Waals surface area contributed by atoms with Crippen LogP contribution in [0.4, 0.5) is 11.4 Å². The minimum Gasteiger partial charge on any atom is -0.504 e. The SMILES string of the molecule is COc1cc(C2Oc3ccccc3N=C(c3c[nH]c4ccccc34)C2N=Nc2cccc(Cl)c2)ccc1O. The van der Waals surface area contributed by atoms with Crippen LogP contribution >= 0.6 is 11.6 Å². The zero-order valence-electron chi connectivity index (χ0n) is 20.4. The molecule has 1 aliphatic rings. The lowest BCUT2D eigenvalue weighted by Crippen LogP contribution is -2.29. The Morgan fingerprint density at radius 1 is 0.974 bits per heavy atom. The van der Waals surface area contributed by atoms with E-state index in [9.17, 15) is 5.11 Å². The first-order chi connectivity index (χ1) is 18.6. The maximum Gasteiger partial charge on any atom is 0.160 e. The lowest BCUT2D eigenvalue weighted by molar-refractivity contribution is 0.198. The van der Waals surface area contributed by atoms with Gasteiger partial charge in [-0.15, -0.1) is 0 Å². The van der Waals surface area contributed by atoms with Crippen LogP contribution in [0, 0.1) is 0 Å². The fraction of sp³-hybridized carbons (Fsp3) is 0.100. The van der Waals surface area contributed by atoms with Gasteiger partial charge in [-0.05, 0) is 54.1 Å². The Labute approximate surface area is 224 Å². The van der Waals surface area contributed by atoms with Crippen LogP contribution in [0.15, 0.2) is 112 Å². The van der Waals surface area contributed by atoms with E-state index in [1.807, 2.05) is 66.9 Å². The fourth-order valence-corrected chi connectivity index (χ4v) is 4.78. The van der Waals surface area contributed by atoms with Crippen LogP contribution in [-0.2, 0) is 0 Å². The summed E-state index contributed by atoms with van der Waals surface area (Å²) >= 11 is 6.21. The highest BCUT2D eigenvalue weighted by molar-refractivity contribution is 6.30. The van der Waals surface area contributed by atoms with Gasteiger partial charge in [0.25, 0.3) is 0 Å². The number of phenols is 1. The molecule has 4 aromatic carbocycles. The number of nitrogens with zero attached hydrogens (tertiary/aromatic N) is 3. The lowest BCUT2D eigenvalue weighted by atomic mass is 9.94. The van der Waals surface area contributed by atoms with E-state index in [2.05, 4.69) is 10.1 Å². The molecule has 5 aromatic rings. The number of fused-ring (bicyclic) bond motifs is 2. The van der Waals surface area contributed by atoms with Gasteiger partial charge in [0.2, 0.25) is 0 Å². The van der Waals surface area contributed by atoms with Crippen molar-refractivity contribution in [1.29, 1.82) is 0 Å². The molecule has 1 aromatic heterocycles. The summed E-state index contributed by atoms with van der Waals surface area (Å²) in [6.07, 6.45) is 1.30. The van der Waals surface area contributed by atoms with Gasteiger partial charge >= 0.3 is 0 Å². The number of hydrogen-bond acceptors (Lipinski definition) is 6. The normalized spacial score (nSPS) is 17.1. The summed E-state index contributed by atoms with van der Waals surface area (Å²) < 4.78 is 12.0. The van der Waals surface area contributed by atoms with Crippen molar-refractivity contribution < 1.29 is 14.6 Å². The number of benzene rings is 4. The Hall–Kier alpha value is -4.62. The summed E-state index contributed by atoms with van der Waals surface area (Å²) in [7, 11) is 1.51. The number of aromatic amines is 1. The molecule has 188 valence electrons. The molecule has 0 fully saturated rings.